The highest BCUT2D eigenvalue weighted by molar-refractivity contribution is 6.11. The van der Waals surface area contributed by atoms with Crippen LogP contribution in [0.3, 0.4) is 0 Å². The molecule has 3 aliphatic rings. The highest BCUT2D eigenvalue weighted by Crippen LogP contribution is 2.66. The Morgan fingerprint density at radius 2 is 0.929 bits per heavy atom. The van der Waals surface area contributed by atoms with Crippen LogP contribution in [0.2, 0.25) is 0 Å². The Bertz CT molecular complexity index is 3290. The van der Waals surface area contributed by atoms with Crippen LogP contribution in [0.5, 0.6) is 11.5 Å². The molecule has 0 amide bonds. The summed E-state index contributed by atoms with van der Waals surface area (Å²) < 4.78 is 6.59. The molecule has 1 aliphatic heterocycles. The van der Waals surface area contributed by atoms with Crippen LogP contribution in [0.1, 0.15) is 22.3 Å². The maximum absolute atomic E-state index is 6.59. The van der Waals surface area contributed by atoms with Crippen molar-refractivity contribution in [3.63, 3.8) is 0 Å². The number of ether oxygens (including phenoxy) is 1. The lowest BCUT2D eigenvalue weighted by atomic mass is 9.69. The van der Waals surface area contributed by atoms with Crippen molar-refractivity contribution in [2.75, 3.05) is 0 Å². The molecule has 0 fully saturated rings. The van der Waals surface area contributed by atoms with Crippen molar-refractivity contribution in [1.29, 1.82) is 0 Å². The fraction of sp³-hybridized carbons (Fsp3) is 0.0182. The summed E-state index contributed by atoms with van der Waals surface area (Å²) >= 11 is 0. The van der Waals surface area contributed by atoms with Crippen molar-refractivity contribution in [3.05, 3.63) is 216 Å². The van der Waals surface area contributed by atoms with Crippen molar-refractivity contribution in [3.8, 4) is 67.1 Å². The highest BCUT2D eigenvalue weighted by Gasteiger charge is 2.53. The molecular formula is C55H32O. The summed E-state index contributed by atoms with van der Waals surface area (Å²) in [5.74, 6) is 1.81. The Balaban J connectivity index is 1.19. The second-order valence-electron chi connectivity index (χ2n) is 15.5. The molecule has 0 N–H and O–H groups in total. The fourth-order valence-electron chi connectivity index (χ4n) is 10.6. The van der Waals surface area contributed by atoms with E-state index in [1.165, 1.54) is 105 Å². The van der Waals surface area contributed by atoms with Gasteiger partial charge in [-0.25, -0.2) is 0 Å². The molecule has 10 aromatic carbocycles. The van der Waals surface area contributed by atoms with E-state index in [-0.39, 0.29) is 0 Å². The maximum atomic E-state index is 6.59. The van der Waals surface area contributed by atoms with Crippen molar-refractivity contribution >= 4 is 32.3 Å². The molecule has 0 bridgehead atoms. The van der Waals surface area contributed by atoms with Gasteiger partial charge in [0.25, 0.3) is 0 Å². The molecule has 258 valence electrons. The predicted octanol–water partition coefficient (Wildman–Crippen LogP) is 14.6. The Labute approximate surface area is 324 Å². The van der Waals surface area contributed by atoms with Gasteiger partial charge in [-0.15, -0.1) is 0 Å². The summed E-state index contributed by atoms with van der Waals surface area (Å²) in [6, 6.07) is 72.3. The summed E-state index contributed by atoms with van der Waals surface area (Å²) in [4.78, 5) is 0. The number of rotatable bonds is 2. The zero-order valence-electron chi connectivity index (χ0n) is 30.4. The second kappa shape index (κ2) is 10.9. The third-order valence-corrected chi connectivity index (χ3v) is 12.8. The van der Waals surface area contributed by atoms with Crippen LogP contribution in [0.4, 0.5) is 0 Å². The van der Waals surface area contributed by atoms with Gasteiger partial charge in [0.05, 0.1) is 5.41 Å². The van der Waals surface area contributed by atoms with E-state index in [1.54, 1.807) is 0 Å². The van der Waals surface area contributed by atoms with Gasteiger partial charge in [0.15, 0.2) is 0 Å². The number of hydrogen-bond acceptors (Lipinski definition) is 1. The average molecular weight is 709 g/mol. The predicted molar refractivity (Wildman–Crippen MR) is 232 cm³/mol. The van der Waals surface area contributed by atoms with Gasteiger partial charge in [0.2, 0.25) is 0 Å². The first kappa shape index (κ1) is 30.1. The van der Waals surface area contributed by atoms with Crippen molar-refractivity contribution in [2.45, 2.75) is 5.41 Å². The summed E-state index contributed by atoms with van der Waals surface area (Å²) in [5, 5.41) is 7.42. The Morgan fingerprint density at radius 1 is 0.321 bits per heavy atom. The molecule has 0 saturated carbocycles. The molecule has 13 rings (SSSR count). The second-order valence-corrected chi connectivity index (χ2v) is 15.5. The van der Waals surface area contributed by atoms with Crippen LogP contribution in [0.15, 0.2) is 194 Å². The molecule has 0 saturated heterocycles. The van der Waals surface area contributed by atoms with Crippen LogP contribution in [0, 0.1) is 0 Å². The van der Waals surface area contributed by atoms with E-state index in [9.17, 15) is 0 Å². The van der Waals surface area contributed by atoms with E-state index >= 15 is 0 Å². The standard InChI is InChI=1S/C55H32O/c1-3-17-38-33(12-1)14-9-21-40(38)46-31-37(36-27-29-50-45(30-36)43-22-10-15-35-16-11-25-51(56-50)52(35)43)32-49-53(46)44-28-26-34-13-2-4-18-39(34)54(44)55(49)47-23-7-5-19-41(47)42-20-6-8-24-48(42)55/h1-32H. The maximum Gasteiger partial charge on any atom is 0.135 e. The molecule has 0 atom stereocenters. The van der Waals surface area contributed by atoms with Crippen LogP contribution in [-0.4, -0.2) is 0 Å². The lowest BCUT2D eigenvalue weighted by molar-refractivity contribution is 0.487. The van der Waals surface area contributed by atoms with Crippen molar-refractivity contribution < 1.29 is 4.74 Å². The van der Waals surface area contributed by atoms with Gasteiger partial charge in [-0.1, -0.05) is 164 Å². The first-order chi connectivity index (χ1) is 27.8. The molecule has 1 heterocycles. The first-order valence-electron chi connectivity index (χ1n) is 19.5. The van der Waals surface area contributed by atoms with E-state index in [1.807, 2.05) is 0 Å². The molecule has 56 heavy (non-hydrogen) atoms. The van der Waals surface area contributed by atoms with Gasteiger partial charge in [-0.3, -0.25) is 0 Å². The smallest absolute Gasteiger partial charge is 0.135 e. The molecular weight excluding hydrogens is 677 g/mol. The summed E-state index contributed by atoms with van der Waals surface area (Å²) in [6.45, 7) is 0. The van der Waals surface area contributed by atoms with E-state index in [0.29, 0.717) is 0 Å². The minimum atomic E-state index is -0.518. The van der Waals surface area contributed by atoms with Crippen LogP contribution >= 0.6 is 0 Å². The number of hydrogen-bond donors (Lipinski definition) is 0. The van der Waals surface area contributed by atoms with E-state index in [0.717, 1.165) is 17.1 Å². The van der Waals surface area contributed by atoms with Crippen LogP contribution < -0.4 is 4.74 Å². The zero-order chi connectivity index (χ0) is 36.5. The quantitative estimate of drug-likeness (QED) is 0.174. The number of benzene rings is 10. The number of fused-ring (bicyclic) bond motifs is 15. The Kier molecular flexibility index (Phi) is 5.89. The molecule has 10 aromatic rings. The highest BCUT2D eigenvalue weighted by atomic mass is 16.5. The zero-order valence-corrected chi connectivity index (χ0v) is 30.4. The van der Waals surface area contributed by atoms with Crippen LogP contribution in [-0.2, 0) is 5.41 Å². The van der Waals surface area contributed by atoms with Crippen LogP contribution in [0.25, 0.3) is 88.0 Å². The third-order valence-electron chi connectivity index (χ3n) is 12.8. The molecule has 0 aromatic heterocycles. The minimum absolute atomic E-state index is 0.518. The monoisotopic (exact) mass is 708 g/mol. The largest absolute Gasteiger partial charge is 0.456 e. The van der Waals surface area contributed by atoms with E-state index in [2.05, 4.69) is 194 Å². The fourth-order valence-corrected chi connectivity index (χ4v) is 10.6. The molecule has 0 unspecified atom stereocenters. The molecule has 1 spiro atoms. The summed E-state index contributed by atoms with van der Waals surface area (Å²) in [5.41, 5.74) is 17.3. The SMILES string of the molecule is c1ccc2c(c1)-c1ccccc1C21c2cc(-c3ccc4c(c3)-c3cccc5cccc(c35)O4)cc(-c3cccc4ccccc34)c2-c2ccc3ccccc3c21. The molecule has 0 radical (unpaired) electrons. The molecule has 1 nitrogen and oxygen atoms in total. The van der Waals surface area contributed by atoms with Gasteiger partial charge >= 0.3 is 0 Å². The van der Waals surface area contributed by atoms with Gasteiger partial charge in [0, 0.05) is 10.9 Å². The molecule has 1 heteroatoms. The lowest BCUT2D eigenvalue weighted by Crippen LogP contribution is -2.26. The topological polar surface area (TPSA) is 9.23 Å². The van der Waals surface area contributed by atoms with E-state index in [4.69, 9.17) is 4.74 Å². The Hall–Kier alpha value is -7.22. The third kappa shape index (κ3) is 3.79. The van der Waals surface area contributed by atoms with E-state index < -0.39 is 5.41 Å². The minimum Gasteiger partial charge on any atom is -0.456 e. The first-order valence-corrected chi connectivity index (χ1v) is 19.5. The van der Waals surface area contributed by atoms with Gasteiger partial charge in [-0.05, 0) is 130 Å². The summed E-state index contributed by atoms with van der Waals surface area (Å²) in [6.07, 6.45) is 0. The normalized spacial score (nSPS) is 13.6. The Morgan fingerprint density at radius 3 is 1.73 bits per heavy atom. The van der Waals surface area contributed by atoms with Gasteiger partial charge in [0.1, 0.15) is 11.5 Å². The van der Waals surface area contributed by atoms with Crippen molar-refractivity contribution in [2.24, 2.45) is 0 Å². The lowest BCUT2D eigenvalue weighted by Gasteiger charge is -2.32. The van der Waals surface area contributed by atoms with Crippen molar-refractivity contribution in [1.82, 2.24) is 0 Å². The van der Waals surface area contributed by atoms with Gasteiger partial charge < -0.3 is 4.74 Å². The van der Waals surface area contributed by atoms with Gasteiger partial charge in [-0.2, -0.15) is 0 Å². The average Bonchev–Trinajstić information content (AvgIpc) is 3.73. The summed E-state index contributed by atoms with van der Waals surface area (Å²) in [7, 11) is 0. The molecule has 2 aliphatic carbocycles.